The molecule has 0 radical (unpaired) electrons. The molecule has 0 aliphatic carbocycles. The summed E-state index contributed by atoms with van der Waals surface area (Å²) < 4.78 is 2.11. The van der Waals surface area contributed by atoms with Crippen LogP contribution in [-0.2, 0) is 11.3 Å². The van der Waals surface area contributed by atoms with Gasteiger partial charge >= 0.3 is 0 Å². The van der Waals surface area contributed by atoms with Crippen molar-refractivity contribution < 1.29 is 4.79 Å². The molecule has 1 aromatic carbocycles. The van der Waals surface area contributed by atoms with Crippen LogP contribution >= 0.6 is 0 Å². The van der Waals surface area contributed by atoms with Crippen LogP contribution in [0.2, 0.25) is 0 Å². The normalized spacial score (nSPS) is 16.4. The maximum Gasteiger partial charge on any atom is 0.226 e. The Morgan fingerprint density at radius 3 is 2.74 bits per heavy atom. The predicted molar refractivity (Wildman–Crippen MR) is 88.4 cm³/mol. The number of hydrazine groups is 1. The van der Waals surface area contributed by atoms with Gasteiger partial charge in [0.05, 0.1) is 12.0 Å². The molecule has 0 spiro atoms. The molecule has 1 aromatic heterocycles. The highest BCUT2D eigenvalue weighted by molar-refractivity contribution is 5.79. The van der Waals surface area contributed by atoms with Crippen molar-refractivity contribution in [2.24, 2.45) is 5.92 Å². The molecular formula is C17H23N5O. The van der Waals surface area contributed by atoms with Gasteiger partial charge in [0.15, 0.2) is 0 Å². The van der Waals surface area contributed by atoms with Crippen LogP contribution in [-0.4, -0.2) is 28.5 Å². The molecule has 122 valence electrons. The van der Waals surface area contributed by atoms with Gasteiger partial charge in [0.25, 0.3) is 0 Å². The Bertz CT molecular complexity index is 633. The lowest BCUT2D eigenvalue weighted by Crippen LogP contribution is -2.36. The molecular weight excluding hydrogens is 290 g/mol. The molecule has 3 N–H and O–H groups in total. The van der Waals surface area contributed by atoms with Gasteiger partial charge < -0.3 is 9.88 Å². The van der Waals surface area contributed by atoms with Crippen LogP contribution in [0.25, 0.3) is 0 Å². The SMILES string of the molecule is Cc1nccn1CCC(NC(=O)C1CNNC1)c1ccccc1. The Hall–Kier alpha value is -2.18. The lowest BCUT2D eigenvalue weighted by molar-refractivity contribution is -0.124. The summed E-state index contributed by atoms with van der Waals surface area (Å²) in [5.41, 5.74) is 7.15. The van der Waals surface area contributed by atoms with Gasteiger partial charge in [0, 0.05) is 32.0 Å². The molecule has 6 heteroatoms. The Morgan fingerprint density at radius 1 is 1.35 bits per heavy atom. The van der Waals surface area contributed by atoms with Crippen LogP contribution in [0.1, 0.15) is 23.9 Å². The third kappa shape index (κ3) is 3.97. The summed E-state index contributed by atoms with van der Waals surface area (Å²) in [6, 6.07) is 10.2. The molecule has 1 unspecified atom stereocenters. The zero-order chi connectivity index (χ0) is 16.1. The van der Waals surface area contributed by atoms with Gasteiger partial charge in [-0.1, -0.05) is 30.3 Å². The van der Waals surface area contributed by atoms with E-state index in [9.17, 15) is 4.79 Å². The highest BCUT2D eigenvalue weighted by Gasteiger charge is 2.25. The fourth-order valence-corrected chi connectivity index (χ4v) is 2.85. The zero-order valence-electron chi connectivity index (χ0n) is 13.3. The number of benzene rings is 1. The van der Waals surface area contributed by atoms with Gasteiger partial charge in [-0.05, 0) is 18.9 Å². The van der Waals surface area contributed by atoms with Crippen molar-refractivity contribution in [2.45, 2.75) is 25.9 Å². The third-order valence-corrected chi connectivity index (χ3v) is 4.29. The van der Waals surface area contributed by atoms with E-state index in [1.807, 2.05) is 31.3 Å². The van der Waals surface area contributed by atoms with Crippen LogP contribution < -0.4 is 16.2 Å². The van der Waals surface area contributed by atoms with E-state index in [2.05, 4.69) is 37.9 Å². The number of aryl methyl sites for hydroxylation is 2. The highest BCUT2D eigenvalue weighted by atomic mass is 16.2. The number of carbonyl (C=O) groups excluding carboxylic acids is 1. The number of hydrogen-bond donors (Lipinski definition) is 3. The number of hydrogen-bond acceptors (Lipinski definition) is 4. The molecule has 1 atom stereocenters. The van der Waals surface area contributed by atoms with E-state index in [-0.39, 0.29) is 17.9 Å². The number of aromatic nitrogens is 2. The Kier molecular flexibility index (Phi) is 5.05. The third-order valence-electron chi connectivity index (χ3n) is 4.29. The standard InChI is InChI=1S/C17H23N5O/c1-13-18-8-10-22(13)9-7-16(14-5-3-2-4-6-14)21-17(23)15-11-19-20-12-15/h2-6,8,10,15-16,19-20H,7,9,11-12H2,1H3,(H,21,23). The molecule has 1 aliphatic rings. The lowest BCUT2D eigenvalue weighted by atomic mass is 10.0. The quantitative estimate of drug-likeness (QED) is 0.748. The van der Waals surface area contributed by atoms with Crippen molar-refractivity contribution in [3.63, 3.8) is 0 Å². The number of nitrogens with one attached hydrogen (secondary N) is 3. The van der Waals surface area contributed by atoms with Crippen LogP contribution in [0.4, 0.5) is 0 Å². The Balaban J connectivity index is 1.68. The first-order valence-corrected chi connectivity index (χ1v) is 8.03. The minimum Gasteiger partial charge on any atom is -0.349 e. The van der Waals surface area contributed by atoms with E-state index >= 15 is 0 Å². The Labute approximate surface area is 136 Å². The molecule has 23 heavy (non-hydrogen) atoms. The summed E-state index contributed by atoms with van der Waals surface area (Å²) in [5.74, 6) is 1.07. The van der Waals surface area contributed by atoms with Crippen molar-refractivity contribution >= 4 is 5.91 Å². The van der Waals surface area contributed by atoms with E-state index in [1.54, 1.807) is 6.20 Å². The van der Waals surface area contributed by atoms with E-state index in [0.29, 0.717) is 13.1 Å². The lowest BCUT2D eigenvalue weighted by Gasteiger charge is -2.21. The fourth-order valence-electron chi connectivity index (χ4n) is 2.85. The van der Waals surface area contributed by atoms with Gasteiger partial charge in [0.2, 0.25) is 5.91 Å². The first-order chi connectivity index (χ1) is 11.2. The summed E-state index contributed by atoms with van der Waals surface area (Å²) in [5, 5.41) is 3.20. The summed E-state index contributed by atoms with van der Waals surface area (Å²) in [6.45, 7) is 4.17. The average molecular weight is 313 g/mol. The maximum absolute atomic E-state index is 12.4. The predicted octanol–water partition coefficient (Wildman–Crippen LogP) is 1.16. The van der Waals surface area contributed by atoms with E-state index in [4.69, 9.17) is 0 Å². The average Bonchev–Trinajstić information content (AvgIpc) is 3.24. The van der Waals surface area contributed by atoms with Gasteiger partial charge in [-0.2, -0.15) is 0 Å². The van der Waals surface area contributed by atoms with Crippen LogP contribution in [0.3, 0.4) is 0 Å². The molecule has 6 nitrogen and oxygen atoms in total. The second-order valence-electron chi connectivity index (χ2n) is 5.89. The van der Waals surface area contributed by atoms with Gasteiger partial charge in [-0.15, -0.1) is 0 Å². The molecule has 2 aromatic rings. The van der Waals surface area contributed by atoms with E-state index < -0.39 is 0 Å². The van der Waals surface area contributed by atoms with Crippen LogP contribution in [0, 0.1) is 12.8 Å². The first kappa shape index (κ1) is 15.7. The van der Waals surface area contributed by atoms with Gasteiger partial charge in [-0.3, -0.25) is 15.6 Å². The minimum absolute atomic E-state index is 0.00565. The van der Waals surface area contributed by atoms with Crippen LogP contribution in [0.15, 0.2) is 42.7 Å². The summed E-state index contributed by atoms with van der Waals surface area (Å²) in [7, 11) is 0. The van der Waals surface area contributed by atoms with Crippen LogP contribution in [0.5, 0.6) is 0 Å². The number of amides is 1. The highest BCUT2D eigenvalue weighted by Crippen LogP contribution is 2.19. The molecule has 0 saturated carbocycles. The fraction of sp³-hybridized carbons (Fsp3) is 0.412. The summed E-state index contributed by atoms with van der Waals surface area (Å²) >= 11 is 0. The Morgan fingerprint density at radius 2 is 2.09 bits per heavy atom. The van der Waals surface area contributed by atoms with Gasteiger partial charge in [0.1, 0.15) is 5.82 Å². The topological polar surface area (TPSA) is 71.0 Å². The number of nitrogens with zero attached hydrogens (tertiary/aromatic N) is 2. The summed E-state index contributed by atoms with van der Waals surface area (Å²) in [6.07, 6.45) is 4.62. The van der Waals surface area contributed by atoms with Crippen molar-refractivity contribution in [1.82, 2.24) is 25.7 Å². The minimum atomic E-state index is -0.0174. The van der Waals surface area contributed by atoms with Crippen molar-refractivity contribution in [3.8, 4) is 0 Å². The smallest absolute Gasteiger partial charge is 0.226 e. The second kappa shape index (κ2) is 7.39. The first-order valence-electron chi connectivity index (χ1n) is 8.03. The summed E-state index contributed by atoms with van der Waals surface area (Å²) in [4.78, 5) is 16.7. The van der Waals surface area contributed by atoms with Crippen molar-refractivity contribution in [2.75, 3.05) is 13.1 Å². The zero-order valence-corrected chi connectivity index (χ0v) is 13.3. The van der Waals surface area contributed by atoms with Crippen molar-refractivity contribution in [3.05, 3.63) is 54.1 Å². The molecule has 0 bridgehead atoms. The molecule has 3 rings (SSSR count). The molecule has 2 heterocycles. The number of carbonyl (C=O) groups is 1. The van der Waals surface area contributed by atoms with E-state index in [1.165, 1.54) is 0 Å². The van der Waals surface area contributed by atoms with Gasteiger partial charge in [-0.25, -0.2) is 4.98 Å². The number of rotatable bonds is 6. The second-order valence-corrected chi connectivity index (χ2v) is 5.89. The maximum atomic E-state index is 12.4. The molecule has 1 saturated heterocycles. The largest absolute Gasteiger partial charge is 0.349 e. The molecule has 1 fully saturated rings. The van der Waals surface area contributed by atoms with E-state index in [0.717, 1.165) is 24.4 Å². The van der Waals surface area contributed by atoms with Crippen molar-refractivity contribution in [1.29, 1.82) is 0 Å². The number of imidazole rings is 1. The monoisotopic (exact) mass is 313 g/mol. The molecule has 1 aliphatic heterocycles. The molecule has 1 amide bonds.